The van der Waals surface area contributed by atoms with Gasteiger partial charge in [-0.3, -0.25) is 4.79 Å². The Kier molecular flexibility index (Phi) is 23.4. The van der Waals surface area contributed by atoms with E-state index < -0.39 is 11.9 Å². The molecule has 8 aliphatic carbocycles. The van der Waals surface area contributed by atoms with Crippen molar-refractivity contribution in [2.24, 2.45) is 105 Å². The number of carboxylic acid groups (broad SMARTS) is 2. The van der Waals surface area contributed by atoms with Gasteiger partial charge in [-0.2, -0.15) is 0 Å². The Balaban J connectivity index is 0.000000319. The van der Waals surface area contributed by atoms with E-state index in [1.807, 2.05) is 0 Å². The zero-order valence-corrected chi connectivity index (χ0v) is 49.1. The molecule has 12 heteroatoms. The van der Waals surface area contributed by atoms with E-state index in [0.29, 0.717) is 89.3 Å². The van der Waals surface area contributed by atoms with Crippen molar-refractivity contribution >= 4 is 11.9 Å². The molecule has 22 atom stereocenters. The molecule has 0 radical (unpaired) electrons. The number of hydrogen-bond acceptors (Lipinski definition) is 9. The summed E-state index contributed by atoms with van der Waals surface area (Å²) in [5.74, 6) is 4.78. The fourth-order valence-electron chi connectivity index (χ4n) is 19.0. The molecule has 6 unspecified atom stereocenters. The Bertz CT molecular complexity index is 1430. The first-order chi connectivity index (χ1) is 29.3. The molecule has 366 valence electrons. The van der Waals surface area contributed by atoms with Crippen LogP contribution in [0.15, 0.2) is 0 Å². The van der Waals surface area contributed by atoms with Gasteiger partial charge in [0.1, 0.15) is 0 Å². The Morgan fingerprint density at radius 2 is 0.892 bits per heavy atom. The molecule has 0 aromatic rings. The minimum atomic E-state index is -0.933. The SMILES string of the molecule is CC[C@H]1[C@@H](O)C2C3CC[C@H]([C@H](C)CCC(=O)O)[C@@]3(C)CCC2[C@@]2(C)CC[C@@H](O)C[C@@H]12.CC[C@H]1[C@@H](O)C2C3CC[C@H]([C@H](C)CCC(=O)[O-])[C@@]3(C)CCC2[C@@]2(C)CC[C@@H](O)C[C@@H]12.CO.[K+].[K+].[OH-]. The third kappa shape index (κ3) is 11.4. The number of aliphatic hydroxyl groups is 5. The Morgan fingerprint density at radius 3 is 1.23 bits per heavy atom. The quantitative estimate of drug-likeness (QED) is 0.176. The summed E-state index contributed by atoms with van der Waals surface area (Å²) in [5.41, 5.74) is 0.931. The van der Waals surface area contributed by atoms with Crippen LogP contribution in [0.5, 0.6) is 0 Å². The van der Waals surface area contributed by atoms with Gasteiger partial charge >= 0.3 is 109 Å². The fourth-order valence-corrected chi connectivity index (χ4v) is 19.0. The van der Waals surface area contributed by atoms with Crippen molar-refractivity contribution in [2.45, 2.75) is 208 Å². The van der Waals surface area contributed by atoms with Crippen molar-refractivity contribution in [3.63, 3.8) is 0 Å². The largest absolute Gasteiger partial charge is 1.00 e. The second-order valence-corrected chi connectivity index (χ2v) is 24.0. The molecule has 0 aromatic heterocycles. The number of carbonyl (C=O) groups excluding carboxylic acids is 1. The molecule has 7 N–H and O–H groups in total. The predicted octanol–water partition coefficient (Wildman–Crippen LogP) is 2.33. The maximum absolute atomic E-state index is 11.7. The monoisotopic (exact) mass is 967 g/mol. The molecule has 0 saturated heterocycles. The van der Waals surface area contributed by atoms with Gasteiger partial charge in [0.2, 0.25) is 0 Å². The summed E-state index contributed by atoms with van der Waals surface area (Å²) in [6.07, 6.45) is 18.3. The Hall–Kier alpha value is 1.97. The first kappa shape index (κ1) is 61.3. The number of hydrogen-bond donors (Lipinski definition) is 6. The van der Waals surface area contributed by atoms with Gasteiger partial charge < -0.3 is 46.0 Å². The van der Waals surface area contributed by atoms with E-state index in [4.69, 9.17) is 10.2 Å². The molecule has 8 aliphatic rings. The zero-order valence-electron chi connectivity index (χ0n) is 42.9. The minimum absolute atomic E-state index is 0. The van der Waals surface area contributed by atoms with Crippen LogP contribution in [0.4, 0.5) is 0 Å². The van der Waals surface area contributed by atoms with Crippen LogP contribution in [-0.4, -0.2) is 79.6 Å². The smallest absolute Gasteiger partial charge is 0.870 e. The van der Waals surface area contributed by atoms with Gasteiger partial charge in [-0.1, -0.05) is 68.2 Å². The molecule has 10 nitrogen and oxygen atoms in total. The summed E-state index contributed by atoms with van der Waals surface area (Å²) < 4.78 is 0. The number of carboxylic acids is 2. The van der Waals surface area contributed by atoms with Gasteiger partial charge in [-0.25, -0.2) is 0 Å². The average Bonchev–Trinajstić information content (AvgIpc) is 3.78. The van der Waals surface area contributed by atoms with Crippen LogP contribution < -0.4 is 108 Å². The second kappa shape index (κ2) is 24.8. The van der Waals surface area contributed by atoms with Gasteiger partial charge in [0.25, 0.3) is 0 Å². The van der Waals surface area contributed by atoms with Gasteiger partial charge in [-0.05, 0) is 214 Å². The molecule has 8 rings (SSSR count). The van der Waals surface area contributed by atoms with Gasteiger partial charge in [0.15, 0.2) is 0 Å². The molecular weight excluding hydrogens is 875 g/mol. The molecular formula is C53H92K2O10. The van der Waals surface area contributed by atoms with Crippen molar-refractivity contribution in [1.29, 1.82) is 0 Å². The number of carbonyl (C=O) groups is 2. The maximum atomic E-state index is 11.7. The van der Waals surface area contributed by atoms with Crippen LogP contribution in [-0.2, 0) is 9.59 Å². The van der Waals surface area contributed by atoms with Crippen molar-refractivity contribution in [3.05, 3.63) is 0 Å². The molecule has 0 aromatic carbocycles. The topological polar surface area (TPSA) is 209 Å². The summed E-state index contributed by atoms with van der Waals surface area (Å²) >= 11 is 0. The molecule has 0 bridgehead atoms. The van der Waals surface area contributed by atoms with Crippen LogP contribution in [0.25, 0.3) is 0 Å². The third-order valence-corrected chi connectivity index (χ3v) is 21.9. The predicted molar refractivity (Wildman–Crippen MR) is 243 cm³/mol. The molecule has 0 spiro atoms. The number of aliphatic hydroxyl groups excluding tert-OH is 5. The van der Waals surface area contributed by atoms with Gasteiger partial charge in [0.05, 0.1) is 24.4 Å². The van der Waals surface area contributed by atoms with E-state index in [9.17, 15) is 35.1 Å². The van der Waals surface area contributed by atoms with Gasteiger partial charge in [0, 0.05) is 19.5 Å². The molecule has 0 aliphatic heterocycles. The second-order valence-electron chi connectivity index (χ2n) is 24.0. The summed E-state index contributed by atoms with van der Waals surface area (Å²) in [6.45, 7) is 18.8. The summed E-state index contributed by atoms with van der Waals surface area (Å²) in [4.78, 5) is 22.1. The van der Waals surface area contributed by atoms with E-state index in [0.717, 1.165) is 64.9 Å². The van der Waals surface area contributed by atoms with E-state index in [2.05, 4.69) is 55.4 Å². The molecule has 8 saturated carbocycles. The third-order valence-electron chi connectivity index (χ3n) is 21.9. The first-order valence-corrected chi connectivity index (χ1v) is 25.8. The van der Waals surface area contributed by atoms with Crippen LogP contribution in [0, 0.1) is 105 Å². The van der Waals surface area contributed by atoms with Crippen molar-refractivity contribution in [3.8, 4) is 0 Å². The number of aliphatic carboxylic acids is 2. The van der Waals surface area contributed by atoms with Crippen molar-refractivity contribution in [2.75, 3.05) is 7.11 Å². The average molecular weight is 968 g/mol. The van der Waals surface area contributed by atoms with Crippen molar-refractivity contribution in [1.82, 2.24) is 0 Å². The fraction of sp³-hybridized carbons (Fsp3) is 0.962. The first-order valence-electron chi connectivity index (χ1n) is 25.8. The van der Waals surface area contributed by atoms with Crippen LogP contribution in [0.1, 0.15) is 184 Å². The number of fused-ring (bicyclic) bond motifs is 10. The summed E-state index contributed by atoms with van der Waals surface area (Å²) in [7, 11) is 1.00. The van der Waals surface area contributed by atoms with E-state index >= 15 is 0 Å². The summed E-state index contributed by atoms with van der Waals surface area (Å²) in [6, 6.07) is 0. The van der Waals surface area contributed by atoms with E-state index in [1.54, 1.807) is 0 Å². The maximum Gasteiger partial charge on any atom is 1.00 e. The van der Waals surface area contributed by atoms with E-state index in [1.165, 1.54) is 51.4 Å². The Morgan fingerprint density at radius 1 is 0.554 bits per heavy atom. The van der Waals surface area contributed by atoms with E-state index in [-0.39, 0.29) is 167 Å². The number of rotatable bonds is 10. The van der Waals surface area contributed by atoms with Crippen molar-refractivity contribution < 1.29 is 154 Å². The molecule has 65 heavy (non-hydrogen) atoms. The summed E-state index contributed by atoms with van der Waals surface area (Å²) in [5, 5.41) is 71.4. The Labute approximate surface area is 479 Å². The molecule has 8 fully saturated rings. The molecule has 0 amide bonds. The van der Waals surface area contributed by atoms with Crippen LogP contribution in [0.2, 0.25) is 0 Å². The zero-order chi connectivity index (χ0) is 45.7. The van der Waals surface area contributed by atoms with Crippen LogP contribution in [0.3, 0.4) is 0 Å². The minimum Gasteiger partial charge on any atom is -0.870 e. The van der Waals surface area contributed by atoms with Crippen LogP contribution >= 0.6 is 0 Å². The molecule has 0 heterocycles. The standard InChI is InChI=1S/2C26H44O4.CH4O.2K.H2O/c2*1-5-17-21-14-16(27)10-12-26(21,4)20-11-13-25(3)18(15(2)6-9-22(28)29)7-8-19(25)23(20)24(17)30;1-2;;;/h2*15-21,23-24,27,30H,5-14H2,1-4H3,(H,28,29);2H,1H3;;;1H2/q;;;2*+1;/p-2/t2*15-,16-,17-,18-,19?,20?,21+,23?,24-,25-,26-;;;;/m11..../s1. The normalized spacial score (nSPS) is 47.7. The van der Waals surface area contributed by atoms with Gasteiger partial charge in [-0.15, -0.1) is 0 Å².